The van der Waals surface area contributed by atoms with Crippen molar-refractivity contribution >= 4 is 11.9 Å². The van der Waals surface area contributed by atoms with E-state index in [-0.39, 0.29) is 37.2 Å². The third-order valence-corrected chi connectivity index (χ3v) is 8.05. The van der Waals surface area contributed by atoms with Crippen LogP contribution in [0.15, 0.2) is 122 Å². The van der Waals surface area contributed by atoms with E-state index in [0.717, 1.165) is 109 Å². The molecule has 0 amide bonds. The zero-order valence-electron chi connectivity index (χ0n) is 39.0. The number of hydrogen-bond acceptors (Lipinski definition) is 5. The smallest absolute Gasteiger partial charge is 1.00 e. The van der Waals surface area contributed by atoms with Crippen molar-refractivity contribution in [1.29, 1.82) is 0 Å². The van der Waals surface area contributed by atoms with E-state index < -0.39 is 18.2 Å². The quantitative estimate of drug-likeness (QED) is 0.0292. The topological polar surface area (TPSA) is 145 Å². The molecule has 0 aromatic heterocycles. The summed E-state index contributed by atoms with van der Waals surface area (Å²) in [5.41, 5.74) is 0. The fraction of sp³-hybridized carbons (Fsp3) is 0.560. The van der Waals surface area contributed by atoms with Crippen molar-refractivity contribution in [3.05, 3.63) is 122 Å². The van der Waals surface area contributed by atoms with Crippen LogP contribution in [0.3, 0.4) is 0 Å². The number of carboxylic acids is 1. The molecule has 2 unspecified atom stereocenters. The first-order valence-corrected chi connectivity index (χ1v) is 21.6. The Morgan fingerprint density at radius 2 is 0.729 bits per heavy atom. The summed E-state index contributed by atoms with van der Waals surface area (Å²) in [6.45, 7) is 11.3. The molecule has 5 N–H and O–H groups in total. The van der Waals surface area contributed by atoms with Crippen molar-refractivity contribution < 1.29 is 60.1 Å². The van der Waals surface area contributed by atoms with Gasteiger partial charge < -0.3 is 31.7 Å². The molecule has 0 heterocycles. The van der Waals surface area contributed by atoms with Crippen LogP contribution < -0.4 is 18.9 Å². The summed E-state index contributed by atoms with van der Waals surface area (Å²) in [5.74, 6) is -1.09. The van der Waals surface area contributed by atoms with Crippen LogP contribution in [0.2, 0.25) is 0 Å². The Balaban J connectivity index is -0.000000228. The molecule has 334 valence electrons. The van der Waals surface area contributed by atoms with Gasteiger partial charge in [-0.25, -0.2) is 9.59 Å². The van der Waals surface area contributed by atoms with Gasteiger partial charge in [-0.3, -0.25) is 0 Å². The maximum atomic E-state index is 11.8. The summed E-state index contributed by atoms with van der Waals surface area (Å²) in [6.07, 6.45) is 60.4. The number of rotatable bonds is 35. The molecular weight excluding hydrogens is 735 g/mol. The van der Waals surface area contributed by atoms with Crippen LogP contribution in [0.25, 0.3) is 0 Å². The Morgan fingerprint density at radius 1 is 0.441 bits per heavy atom. The van der Waals surface area contributed by atoms with Crippen molar-refractivity contribution in [3.63, 3.8) is 0 Å². The average Bonchev–Trinajstić information content (AvgIpc) is 3.19. The molecule has 0 aromatic rings. The summed E-state index contributed by atoms with van der Waals surface area (Å²) in [4.78, 5) is 22.7. The van der Waals surface area contributed by atoms with E-state index in [9.17, 15) is 9.59 Å². The first-order chi connectivity index (χ1) is 27.5. The third-order valence-electron chi connectivity index (χ3n) is 8.05. The summed E-state index contributed by atoms with van der Waals surface area (Å²) in [5, 5.41) is 8.99. The van der Waals surface area contributed by atoms with E-state index in [2.05, 4.69) is 135 Å². The van der Waals surface area contributed by atoms with Gasteiger partial charge in [0.25, 0.3) is 0 Å². The SMILES string of the molecule is CC/C=C\C/C=C\C/C=C\C/C=C\C/C=C\CCCCC(OCC)C(=O)O.CC/C=C\C/C=C\C/C=C\C/C=C\C/C=C\CCCCC(OCC)C(=O)OCC.O.O.[H-].[Li+]. The first-order valence-electron chi connectivity index (χ1n) is 21.6. The number of ether oxygens (including phenoxy) is 3. The van der Waals surface area contributed by atoms with Crippen LogP contribution in [-0.4, -0.2) is 60.0 Å². The van der Waals surface area contributed by atoms with Crippen molar-refractivity contribution in [2.24, 2.45) is 0 Å². The Hall–Kier alpha value is -3.22. The molecule has 0 saturated heterocycles. The molecule has 0 aliphatic carbocycles. The van der Waals surface area contributed by atoms with Crippen LogP contribution >= 0.6 is 0 Å². The van der Waals surface area contributed by atoms with Gasteiger partial charge in [-0.15, -0.1) is 0 Å². The van der Waals surface area contributed by atoms with Gasteiger partial charge in [0.15, 0.2) is 12.2 Å². The number of unbranched alkanes of at least 4 members (excludes halogenated alkanes) is 4. The predicted octanol–water partition coefficient (Wildman–Crippen LogP) is 9.52. The first kappa shape index (κ1) is 64.9. The van der Waals surface area contributed by atoms with Gasteiger partial charge in [0, 0.05) is 13.2 Å². The normalized spacial score (nSPS) is 13.0. The third kappa shape index (κ3) is 52.8. The van der Waals surface area contributed by atoms with Crippen LogP contribution in [0.5, 0.6) is 0 Å². The molecular formula is C50H85LiO8. The zero-order chi connectivity index (χ0) is 41.4. The van der Waals surface area contributed by atoms with Gasteiger partial charge in [0.05, 0.1) is 6.61 Å². The average molecular weight is 821 g/mol. The minimum Gasteiger partial charge on any atom is -1.00 e. The van der Waals surface area contributed by atoms with Crippen LogP contribution in [-0.2, 0) is 23.8 Å². The summed E-state index contributed by atoms with van der Waals surface area (Å²) >= 11 is 0. The molecule has 0 aromatic carbocycles. The fourth-order valence-electron chi connectivity index (χ4n) is 5.11. The second kappa shape index (κ2) is 56.9. The van der Waals surface area contributed by atoms with Crippen molar-refractivity contribution in [2.75, 3.05) is 19.8 Å². The van der Waals surface area contributed by atoms with Gasteiger partial charge in [0.2, 0.25) is 0 Å². The fourth-order valence-corrected chi connectivity index (χ4v) is 5.11. The zero-order valence-corrected chi connectivity index (χ0v) is 38.0. The van der Waals surface area contributed by atoms with E-state index in [1.54, 1.807) is 0 Å². The Labute approximate surface area is 374 Å². The number of aliphatic carboxylic acids is 1. The molecule has 0 radical (unpaired) electrons. The minimum atomic E-state index is -0.855. The summed E-state index contributed by atoms with van der Waals surface area (Å²) in [6, 6.07) is 0. The minimum absolute atomic E-state index is 0. The summed E-state index contributed by atoms with van der Waals surface area (Å²) in [7, 11) is 0. The molecule has 0 spiro atoms. The van der Waals surface area contributed by atoms with Crippen LogP contribution in [0.4, 0.5) is 0 Å². The van der Waals surface area contributed by atoms with E-state index in [1.165, 1.54) is 0 Å². The van der Waals surface area contributed by atoms with Crippen molar-refractivity contribution in [1.82, 2.24) is 0 Å². The van der Waals surface area contributed by atoms with Gasteiger partial charge in [0.1, 0.15) is 0 Å². The van der Waals surface area contributed by atoms with Gasteiger partial charge >= 0.3 is 30.8 Å². The Kier molecular flexibility index (Phi) is 62.6. The number of allylic oxidation sites excluding steroid dienone is 20. The molecule has 9 heteroatoms. The van der Waals surface area contributed by atoms with Gasteiger partial charge in [-0.2, -0.15) is 0 Å². The Bertz CT molecular complexity index is 1200. The number of carbonyl (C=O) groups is 2. The molecule has 59 heavy (non-hydrogen) atoms. The number of hydrogen-bond donors (Lipinski definition) is 1. The summed E-state index contributed by atoms with van der Waals surface area (Å²) < 4.78 is 15.7. The molecule has 0 aliphatic rings. The number of esters is 1. The number of carbonyl (C=O) groups excluding carboxylic acids is 1. The second-order valence-electron chi connectivity index (χ2n) is 13.0. The van der Waals surface area contributed by atoms with Gasteiger partial charge in [-0.1, -0.05) is 135 Å². The molecule has 2 atom stereocenters. The largest absolute Gasteiger partial charge is 1.00 e. The predicted molar refractivity (Wildman–Crippen MR) is 249 cm³/mol. The Morgan fingerprint density at radius 3 is 1.02 bits per heavy atom. The standard InChI is InChI=1S/C26H42O3.C24H38O3.Li.2H2O.H/c1-4-7-8-9-10-11-12-13-14-15-16-17-18-19-20-21-22-23-24-25(28-5-2)26(27)29-6-3;1-3-5-6-7-8-9-10-11-12-13-14-15-16-17-18-19-20-21-22-23(24(25)26)27-4-2;;;;/h7-8,10-11,13-14,16-17,19-20,25H,4-6,9,12,15,18,21-24H2,1-3H3;5-6,8-9,11-12,14-15,17-18,23H,3-4,7,10,13,16,19-22H2,1-2H3,(H,25,26);;2*1H2;/q;;+1;;;-1/b8-7-,11-10-,14-13-,17-16-,20-19-;6-5-,9-8-,12-11-,15-14-,18-17-;;;;. The van der Waals surface area contributed by atoms with E-state index in [1.807, 2.05) is 20.8 Å². The number of carboxylic acid groups (broad SMARTS) is 1. The van der Waals surface area contributed by atoms with Crippen LogP contribution in [0.1, 0.15) is 152 Å². The van der Waals surface area contributed by atoms with Crippen molar-refractivity contribution in [3.8, 4) is 0 Å². The van der Waals surface area contributed by atoms with Gasteiger partial charge in [-0.05, 0) is 136 Å². The molecule has 8 nitrogen and oxygen atoms in total. The maximum Gasteiger partial charge on any atom is 1.00 e. The maximum absolute atomic E-state index is 11.8. The van der Waals surface area contributed by atoms with E-state index >= 15 is 0 Å². The molecule has 0 saturated carbocycles. The molecule has 0 fully saturated rings. The van der Waals surface area contributed by atoms with E-state index in [0.29, 0.717) is 26.2 Å². The molecule has 0 bridgehead atoms. The van der Waals surface area contributed by atoms with E-state index in [4.69, 9.17) is 19.3 Å². The van der Waals surface area contributed by atoms with Crippen molar-refractivity contribution in [2.45, 2.75) is 162 Å². The second-order valence-corrected chi connectivity index (χ2v) is 13.0. The molecule has 0 rings (SSSR count). The monoisotopic (exact) mass is 821 g/mol. The molecule has 0 aliphatic heterocycles. The van der Waals surface area contributed by atoms with Crippen LogP contribution in [0, 0.1) is 0 Å².